The van der Waals surface area contributed by atoms with Crippen LogP contribution in [0, 0.1) is 6.92 Å². The van der Waals surface area contributed by atoms with Crippen LogP contribution in [0.5, 0.6) is 11.5 Å². The van der Waals surface area contributed by atoms with E-state index in [1.54, 1.807) is 0 Å². The average Bonchev–Trinajstić information content (AvgIpc) is 2.40. The van der Waals surface area contributed by atoms with Gasteiger partial charge in [0.25, 0.3) is 0 Å². The molecule has 0 aliphatic carbocycles. The number of nitrogen functional groups attached to an aromatic ring is 1. The van der Waals surface area contributed by atoms with Crippen LogP contribution in [0.1, 0.15) is 5.56 Å². The van der Waals surface area contributed by atoms with E-state index in [1.807, 2.05) is 55.5 Å². The van der Waals surface area contributed by atoms with E-state index in [0.29, 0.717) is 24.7 Å². The number of hydrogen-bond donors (Lipinski definition) is 1. The second kappa shape index (κ2) is 5.96. The van der Waals surface area contributed by atoms with Gasteiger partial charge in [0.15, 0.2) is 0 Å². The Morgan fingerprint density at radius 1 is 0.889 bits per heavy atom. The highest BCUT2D eigenvalue weighted by molar-refractivity contribution is 5.57. The summed E-state index contributed by atoms with van der Waals surface area (Å²) in [4.78, 5) is 0. The largest absolute Gasteiger partial charge is 0.490 e. The summed E-state index contributed by atoms with van der Waals surface area (Å²) >= 11 is 0. The number of para-hydroxylation sites is 2. The Kier molecular flexibility index (Phi) is 4.07. The first kappa shape index (κ1) is 12.3. The van der Waals surface area contributed by atoms with Crippen molar-refractivity contribution in [3.63, 3.8) is 0 Å². The van der Waals surface area contributed by atoms with Crippen LogP contribution in [0.2, 0.25) is 0 Å². The SMILES string of the molecule is Cc1cccc(OCCOc2ccccc2)c1N. The molecule has 0 unspecified atom stereocenters. The smallest absolute Gasteiger partial charge is 0.142 e. The Morgan fingerprint density at radius 2 is 1.61 bits per heavy atom. The third-order valence-electron chi connectivity index (χ3n) is 2.64. The summed E-state index contributed by atoms with van der Waals surface area (Å²) < 4.78 is 11.1. The first-order valence-electron chi connectivity index (χ1n) is 5.93. The Hall–Kier alpha value is -2.16. The average molecular weight is 243 g/mol. The van der Waals surface area contributed by atoms with Crippen molar-refractivity contribution in [2.45, 2.75) is 6.92 Å². The Labute approximate surface area is 107 Å². The van der Waals surface area contributed by atoms with Gasteiger partial charge in [-0.15, -0.1) is 0 Å². The molecule has 2 rings (SSSR count). The quantitative estimate of drug-likeness (QED) is 0.648. The maximum Gasteiger partial charge on any atom is 0.142 e. The fraction of sp³-hybridized carbons (Fsp3) is 0.200. The van der Waals surface area contributed by atoms with E-state index in [-0.39, 0.29) is 0 Å². The normalized spacial score (nSPS) is 10.1. The van der Waals surface area contributed by atoms with Crippen molar-refractivity contribution in [3.8, 4) is 11.5 Å². The van der Waals surface area contributed by atoms with Crippen LogP contribution >= 0.6 is 0 Å². The van der Waals surface area contributed by atoms with Crippen LogP contribution < -0.4 is 15.2 Å². The molecule has 94 valence electrons. The van der Waals surface area contributed by atoms with Crippen LogP contribution in [-0.2, 0) is 0 Å². The lowest BCUT2D eigenvalue weighted by molar-refractivity contribution is 0.218. The van der Waals surface area contributed by atoms with Crippen molar-refractivity contribution in [1.29, 1.82) is 0 Å². The Bertz CT molecular complexity index is 497. The molecule has 0 fully saturated rings. The maximum atomic E-state index is 5.91. The second-order valence-corrected chi connectivity index (χ2v) is 4.00. The number of anilines is 1. The minimum Gasteiger partial charge on any atom is -0.490 e. The van der Waals surface area contributed by atoms with Gasteiger partial charge in [-0.05, 0) is 30.7 Å². The zero-order valence-corrected chi connectivity index (χ0v) is 10.4. The zero-order valence-electron chi connectivity index (χ0n) is 10.4. The summed E-state index contributed by atoms with van der Waals surface area (Å²) in [6.07, 6.45) is 0. The molecule has 0 aliphatic rings. The van der Waals surface area contributed by atoms with Gasteiger partial charge in [-0.2, -0.15) is 0 Å². The lowest BCUT2D eigenvalue weighted by Crippen LogP contribution is -2.10. The molecule has 2 N–H and O–H groups in total. The first-order chi connectivity index (χ1) is 8.77. The minimum absolute atomic E-state index is 0.475. The summed E-state index contributed by atoms with van der Waals surface area (Å²) in [5.41, 5.74) is 7.63. The van der Waals surface area contributed by atoms with Crippen molar-refractivity contribution in [3.05, 3.63) is 54.1 Å². The molecular weight excluding hydrogens is 226 g/mol. The highest BCUT2D eigenvalue weighted by atomic mass is 16.5. The molecule has 2 aromatic carbocycles. The van der Waals surface area contributed by atoms with Gasteiger partial charge in [0.2, 0.25) is 0 Å². The number of aryl methyl sites for hydroxylation is 1. The zero-order chi connectivity index (χ0) is 12.8. The van der Waals surface area contributed by atoms with Gasteiger partial charge in [-0.1, -0.05) is 30.3 Å². The molecule has 2 aromatic rings. The Balaban J connectivity index is 1.81. The summed E-state index contributed by atoms with van der Waals surface area (Å²) in [5.74, 6) is 1.56. The lowest BCUT2D eigenvalue weighted by atomic mass is 10.2. The topological polar surface area (TPSA) is 44.5 Å². The Morgan fingerprint density at radius 3 is 2.39 bits per heavy atom. The van der Waals surface area contributed by atoms with Crippen LogP contribution in [0.25, 0.3) is 0 Å². The molecule has 18 heavy (non-hydrogen) atoms. The number of benzene rings is 2. The van der Waals surface area contributed by atoms with E-state index >= 15 is 0 Å². The minimum atomic E-state index is 0.475. The molecule has 3 nitrogen and oxygen atoms in total. The van der Waals surface area contributed by atoms with Crippen molar-refractivity contribution in [2.75, 3.05) is 18.9 Å². The van der Waals surface area contributed by atoms with Crippen molar-refractivity contribution in [1.82, 2.24) is 0 Å². The summed E-state index contributed by atoms with van der Waals surface area (Å²) in [5, 5.41) is 0. The van der Waals surface area contributed by atoms with Crippen molar-refractivity contribution in [2.24, 2.45) is 0 Å². The fourth-order valence-corrected chi connectivity index (χ4v) is 1.61. The van der Waals surface area contributed by atoms with Crippen molar-refractivity contribution >= 4 is 5.69 Å². The molecule has 0 aliphatic heterocycles. The molecule has 0 radical (unpaired) electrons. The first-order valence-corrected chi connectivity index (χ1v) is 5.93. The molecule has 0 saturated carbocycles. The molecule has 0 amide bonds. The number of nitrogens with two attached hydrogens (primary N) is 1. The molecule has 0 bridgehead atoms. The third kappa shape index (κ3) is 3.17. The third-order valence-corrected chi connectivity index (χ3v) is 2.64. The van der Waals surface area contributed by atoms with E-state index in [2.05, 4.69) is 0 Å². The molecule has 0 spiro atoms. The van der Waals surface area contributed by atoms with Gasteiger partial charge in [0.1, 0.15) is 24.7 Å². The maximum absolute atomic E-state index is 5.91. The summed E-state index contributed by atoms with van der Waals surface area (Å²) in [6.45, 7) is 2.93. The van der Waals surface area contributed by atoms with E-state index in [1.165, 1.54) is 0 Å². The van der Waals surface area contributed by atoms with Gasteiger partial charge in [-0.3, -0.25) is 0 Å². The van der Waals surface area contributed by atoms with Crippen LogP contribution in [-0.4, -0.2) is 13.2 Å². The van der Waals surface area contributed by atoms with Crippen LogP contribution in [0.3, 0.4) is 0 Å². The van der Waals surface area contributed by atoms with Crippen molar-refractivity contribution < 1.29 is 9.47 Å². The molecular formula is C15H17NO2. The van der Waals surface area contributed by atoms with E-state index in [4.69, 9.17) is 15.2 Å². The van der Waals surface area contributed by atoms with Gasteiger partial charge in [0.05, 0.1) is 5.69 Å². The fourth-order valence-electron chi connectivity index (χ4n) is 1.61. The second-order valence-electron chi connectivity index (χ2n) is 4.00. The van der Waals surface area contributed by atoms with Gasteiger partial charge in [0, 0.05) is 0 Å². The predicted octanol–water partition coefficient (Wildman–Crippen LogP) is 3.04. The van der Waals surface area contributed by atoms with Gasteiger partial charge in [-0.25, -0.2) is 0 Å². The standard InChI is InChI=1S/C15H17NO2/c1-12-6-5-9-14(15(12)16)18-11-10-17-13-7-3-2-4-8-13/h2-9H,10-11,16H2,1H3. The highest BCUT2D eigenvalue weighted by Gasteiger charge is 2.02. The number of ether oxygens (including phenoxy) is 2. The summed E-state index contributed by atoms with van der Waals surface area (Å²) in [6, 6.07) is 15.4. The molecule has 3 heteroatoms. The number of hydrogen-bond acceptors (Lipinski definition) is 3. The van der Waals surface area contributed by atoms with E-state index < -0.39 is 0 Å². The molecule has 0 aromatic heterocycles. The van der Waals surface area contributed by atoms with Crippen LogP contribution in [0.4, 0.5) is 5.69 Å². The number of rotatable bonds is 5. The predicted molar refractivity (Wildman–Crippen MR) is 73.0 cm³/mol. The molecule has 0 atom stereocenters. The lowest BCUT2D eigenvalue weighted by Gasteiger charge is -2.11. The highest BCUT2D eigenvalue weighted by Crippen LogP contribution is 2.24. The van der Waals surface area contributed by atoms with Gasteiger partial charge < -0.3 is 15.2 Å². The van der Waals surface area contributed by atoms with Gasteiger partial charge >= 0.3 is 0 Å². The molecule has 0 heterocycles. The monoisotopic (exact) mass is 243 g/mol. The molecule has 0 saturated heterocycles. The van der Waals surface area contributed by atoms with E-state index in [9.17, 15) is 0 Å². The van der Waals surface area contributed by atoms with Crippen LogP contribution in [0.15, 0.2) is 48.5 Å². The summed E-state index contributed by atoms with van der Waals surface area (Å²) in [7, 11) is 0. The van der Waals surface area contributed by atoms with E-state index in [0.717, 1.165) is 11.3 Å².